The SMILES string of the molecule is CC(C)(C)OCC(O)CNc1ccc(F)c(C#N)c1. The zero-order valence-electron chi connectivity index (χ0n) is 11.4. The first kappa shape index (κ1) is 15.4. The van der Waals surface area contributed by atoms with Gasteiger partial charge in [-0.2, -0.15) is 5.26 Å². The number of ether oxygens (including phenoxy) is 1. The van der Waals surface area contributed by atoms with Gasteiger partial charge in [-0.15, -0.1) is 0 Å². The van der Waals surface area contributed by atoms with Gasteiger partial charge in [-0.25, -0.2) is 4.39 Å². The van der Waals surface area contributed by atoms with Crippen LogP contribution in [0.2, 0.25) is 0 Å². The van der Waals surface area contributed by atoms with Gasteiger partial charge in [0.1, 0.15) is 11.9 Å². The fourth-order valence-electron chi connectivity index (χ4n) is 1.36. The molecule has 0 aliphatic heterocycles. The largest absolute Gasteiger partial charge is 0.389 e. The summed E-state index contributed by atoms with van der Waals surface area (Å²) in [5.74, 6) is -0.551. The van der Waals surface area contributed by atoms with Gasteiger partial charge in [-0.05, 0) is 39.0 Å². The van der Waals surface area contributed by atoms with Crippen LogP contribution in [0.15, 0.2) is 18.2 Å². The van der Waals surface area contributed by atoms with Crippen molar-refractivity contribution in [2.45, 2.75) is 32.5 Å². The molecule has 104 valence electrons. The van der Waals surface area contributed by atoms with Crippen molar-refractivity contribution in [2.75, 3.05) is 18.5 Å². The van der Waals surface area contributed by atoms with Crippen molar-refractivity contribution >= 4 is 5.69 Å². The van der Waals surface area contributed by atoms with Crippen molar-refractivity contribution in [3.8, 4) is 6.07 Å². The lowest BCUT2D eigenvalue weighted by atomic mass is 10.2. The molecule has 4 nitrogen and oxygen atoms in total. The third-order valence-corrected chi connectivity index (χ3v) is 2.34. The average molecular weight is 266 g/mol. The Morgan fingerprint density at radius 2 is 2.16 bits per heavy atom. The summed E-state index contributed by atoms with van der Waals surface area (Å²) in [5.41, 5.74) is 0.267. The van der Waals surface area contributed by atoms with Crippen molar-refractivity contribution in [1.82, 2.24) is 0 Å². The summed E-state index contributed by atoms with van der Waals surface area (Å²) in [5, 5.41) is 21.4. The number of nitrogens with zero attached hydrogens (tertiary/aromatic N) is 1. The molecule has 0 aliphatic rings. The Morgan fingerprint density at radius 1 is 1.47 bits per heavy atom. The highest BCUT2D eigenvalue weighted by Gasteiger charge is 2.13. The standard InChI is InChI=1S/C14H19FN2O2/c1-14(2,3)19-9-12(18)8-17-11-4-5-13(15)10(6-11)7-16/h4-6,12,17-18H,8-9H2,1-3H3. The zero-order valence-corrected chi connectivity index (χ0v) is 11.4. The van der Waals surface area contributed by atoms with Gasteiger partial charge in [-0.3, -0.25) is 0 Å². The van der Waals surface area contributed by atoms with Crippen LogP contribution >= 0.6 is 0 Å². The van der Waals surface area contributed by atoms with Gasteiger partial charge in [0, 0.05) is 12.2 Å². The van der Waals surface area contributed by atoms with E-state index in [1.807, 2.05) is 20.8 Å². The van der Waals surface area contributed by atoms with E-state index < -0.39 is 11.9 Å². The first-order valence-electron chi connectivity index (χ1n) is 6.07. The van der Waals surface area contributed by atoms with Crippen molar-refractivity contribution in [2.24, 2.45) is 0 Å². The predicted molar refractivity (Wildman–Crippen MR) is 71.3 cm³/mol. The summed E-state index contributed by atoms with van der Waals surface area (Å²) in [4.78, 5) is 0. The van der Waals surface area contributed by atoms with Gasteiger partial charge in [0.05, 0.1) is 23.9 Å². The maximum absolute atomic E-state index is 13.1. The molecular formula is C14H19FN2O2. The molecule has 1 aromatic rings. The average Bonchev–Trinajstić information content (AvgIpc) is 2.34. The molecule has 5 heteroatoms. The van der Waals surface area contributed by atoms with E-state index in [9.17, 15) is 9.50 Å². The van der Waals surface area contributed by atoms with Crippen LogP contribution in [-0.2, 0) is 4.74 Å². The van der Waals surface area contributed by atoms with Crippen LogP contribution in [0.3, 0.4) is 0 Å². The third-order valence-electron chi connectivity index (χ3n) is 2.34. The van der Waals surface area contributed by atoms with Gasteiger partial charge in [0.25, 0.3) is 0 Å². The zero-order chi connectivity index (χ0) is 14.5. The summed E-state index contributed by atoms with van der Waals surface area (Å²) in [6.07, 6.45) is -0.671. The Morgan fingerprint density at radius 3 is 2.74 bits per heavy atom. The van der Waals surface area contributed by atoms with Crippen LogP contribution in [0.1, 0.15) is 26.3 Å². The molecule has 1 aromatic carbocycles. The van der Waals surface area contributed by atoms with Crippen LogP contribution in [0.5, 0.6) is 0 Å². The number of nitriles is 1. The highest BCUT2D eigenvalue weighted by Crippen LogP contribution is 2.14. The molecule has 0 radical (unpaired) electrons. The van der Waals surface area contributed by atoms with E-state index in [0.29, 0.717) is 5.69 Å². The minimum atomic E-state index is -0.671. The van der Waals surface area contributed by atoms with Gasteiger partial charge in [0.2, 0.25) is 0 Å². The van der Waals surface area contributed by atoms with E-state index in [1.165, 1.54) is 18.2 Å². The third kappa shape index (κ3) is 5.69. The molecule has 0 amide bonds. The maximum Gasteiger partial charge on any atom is 0.141 e. The van der Waals surface area contributed by atoms with Crippen LogP contribution in [0, 0.1) is 17.1 Å². The normalized spacial score (nSPS) is 12.8. The molecule has 19 heavy (non-hydrogen) atoms. The Hall–Kier alpha value is -1.64. The van der Waals surface area contributed by atoms with Crippen LogP contribution < -0.4 is 5.32 Å². The predicted octanol–water partition coefficient (Wildman–Crippen LogP) is 2.29. The molecule has 1 atom stereocenters. The minimum Gasteiger partial charge on any atom is -0.389 e. The highest BCUT2D eigenvalue weighted by molar-refractivity contribution is 5.49. The number of benzene rings is 1. The first-order valence-corrected chi connectivity index (χ1v) is 6.07. The lowest BCUT2D eigenvalue weighted by Crippen LogP contribution is -2.30. The topological polar surface area (TPSA) is 65.3 Å². The second-order valence-electron chi connectivity index (χ2n) is 5.26. The highest BCUT2D eigenvalue weighted by atomic mass is 19.1. The van der Waals surface area contributed by atoms with Crippen molar-refractivity contribution < 1.29 is 14.2 Å². The number of rotatable bonds is 5. The lowest BCUT2D eigenvalue weighted by molar-refractivity contribution is -0.0449. The second kappa shape index (κ2) is 6.50. The van der Waals surface area contributed by atoms with Crippen LogP contribution in [-0.4, -0.2) is 30.0 Å². The van der Waals surface area contributed by atoms with E-state index in [4.69, 9.17) is 10.00 Å². The maximum atomic E-state index is 13.1. The molecule has 1 rings (SSSR count). The van der Waals surface area contributed by atoms with Gasteiger partial charge in [-0.1, -0.05) is 0 Å². The number of hydrogen-bond acceptors (Lipinski definition) is 4. The molecule has 0 aliphatic carbocycles. The molecule has 0 bridgehead atoms. The molecule has 0 aromatic heterocycles. The molecule has 0 fully saturated rings. The smallest absolute Gasteiger partial charge is 0.141 e. The summed E-state index contributed by atoms with van der Waals surface area (Å²) in [6, 6.07) is 5.92. The van der Waals surface area contributed by atoms with E-state index >= 15 is 0 Å². The summed E-state index contributed by atoms with van der Waals surface area (Å²) < 4.78 is 18.5. The van der Waals surface area contributed by atoms with E-state index in [-0.39, 0.29) is 24.3 Å². The Kier molecular flexibility index (Phi) is 5.28. The van der Waals surface area contributed by atoms with Gasteiger partial charge >= 0.3 is 0 Å². The van der Waals surface area contributed by atoms with E-state index in [2.05, 4.69) is 5.32 Å². The van der Waals surface area contributed by atoms with Gasteiger partial charge in [0.15, 0.2) is 0 Å². The number of nitrogens with one attached hydrogen (secondary N) is 1. The molecule has 2 N–H and O–H groups in total. The van der Waals surface area contributed by atoms with Crippen LogP contribution in [0.25, 0.3) is 0 Å². The van der Waals surface area contributed by atoms with E-state index in [1.54, 1.807) is 6.07 Å². The van der Waals surface area contributed by atoms with E-state index in [0.717, 1.165) is 0 Å². The van der Waals surface area contributed by atoms with Gasteiger partial charge < -0.3 is 15.2 Å². The fraction of sp³-hybridized carbons (Fsp3) is 0.500. The molecule has 0 heterocycles. The Balaban J connectivity index is 2.47. The monoisotopic (exact) mass is 266 g/mol. The fourth-order valence-corrected chi connectivity index (χ4v) is 1.36. The molecule has 0 spiro atoms. The van der Waals surface area contributed by atoms with Crippen molar-refractivity contribution in [3.05, 3.63) is 29.6 Å². The number of anilines is 1. The molecule has 0 saturated heterocycles. The number of halogens is 1. The second-order valence-corrected chi connectivity index (χ2v) is 5.26. The Bertz CT molecular complexity index is 463. The van der Waals surface area contributed by atoms with Crippen LogP contribution in [0.4, 0.5) is 10.1 Å². The first-order chi connectivity index (χ1) is 8.81. The quantitative estimate of drug-likeness (QED) is 0.858. The Labute approximate surface area is 112 Å². The molecule has 1 unspecified atom stereocenters. The summed E-state index contributed by atoms with van der Waals surface area (Å²) >= 11 is 0. The molecular weight excluding hydrogens is 247 g/mol. The molecule has 0 saturated carbocycles. The number of aliphatic hydroxyl groups is 1. The summed E-state index contributed by atoms with van der Waals surface area (Å²) in [7, 11) is 0. The number of aliphatic hydroxyl groups excluding tert-OH is 1. The van der Waals surface area contributed by atoms with Crippen molar-refractivity contribution in [1.29, 1.82) is 5.26 Å². The summed E-state index contributed by atoms with van der Waals surface area (Å²) in [6.45, 7) is 6.21. The minimum absolute atomic E-state index is 0.0227. The lowest BCUT2D eigenvalue weighted by Gasteiger charge is -2.22. The number of hydrogen-bond donors (Lipinski definition) is 2. The van der Waals surface area contributed by atoms with Crippen molar-refractivity contribution in [3.63, 3.8) is 0 Å².